The average molecular weight is 257 g/mol. The highest BCUT2D eigenvalue weighted by Gasteiger charge is 2.12. The van der Waals surface area contributed by atoms with Crippen LogP contribution >= 0.6 is 0 Å². The van der Waals surface area contributed by atoms with Gasteiger partial charge in [0.25, 0.3) is 5.91 Å². The van der Waals surface area contributed by atoms with Gasteiger partial charge in [0.05, 0.1) is 5.69 Å². The minimum absolute atomic E-state index is 0.115. The maximum Gasteiger partial charge on any atom is 0.271 e. The van der Waals surface area contributed by atoms with E-state index >= 15 is 0 Å². The summed E-state index contributed by atoms with van der Waals surface area (Å²) < 4.78 is 1.79. The van der Waals surface area contributed by atoms with Crippen molar-refractivity contribution in [1.82, 2.24) is 15.1 Å². The fraction of sp³-hybridized carbons (Fsp3) is 0.333. The van der Waals surface area contributed by atoms with E-state index in [9.17, 15) is 4.79 Å². The fourth-order valence-corrected chi connectivity index (χ4v) is 1.86. The molecule has 0 aliphatic carbocycles. The number of nitrogens with one attached hydrogen (secondary N) is 1. The number of aryl methyl sites for hydroxylation is 2. The van der Waals surface area contributed by atoms with Crippen molar-refractivity contribution in [3.63, 3.8) is 0 Å². The Morgan fingerprint density at radius 2 is 1.95 bits per heavy atom. The van der Waals surface area contributed by atoms with Crippen LogP contribution in [0.15, 0.2) is 30.3 Å². The molecule has 1 aromatic carbocycles. The van der Waals surface area contributed by atoms with Crippen LogP contribution in [0, 0.1) is 13.8 Å². The van der Waals surface area contributed by atoms with Gasteiger partial charge in [-0.05, 0) is 38.5 Å². The second-order valence-electron chi connectivity index (χ2n) is 4.67. The zero-order chi connectivity index (χ0) is 13.8. The second kappa shape index (κ2) is 5.69. The molecule has 1 aromatic heterocycles. The quantitative estimate of drug-likeness (QED) is 0.915. The molecule has 4 nitrogen and oxygen atoms in total. The molecular formula is C15H19N3O. The van der Waals surface area contributed by atoms with Crippen LogP contribution in [0.2, 0.25) is 0 Å². The number of amides is 1. The van der Waals surface area contributed by atoms with E-state index in [1.807, 2.05) is 51.1 Å². The molecule has 1 N–H and O–H groups in total. The van der Waals surface area contributed by atoms with Crippen LogP contribution in [-0.2, 0) is 0 Å². The number of carbonyl (C=O) groups is 1. The molecule has 4 heteroatoms. The summed E-state index contributed by atoms with van der Waals surface area (Å²) in [5.41, 5.74) is 3.59. The predicted octanol–water partition coefficient (Wildman–Crippen LogP) is 2.63. The van der Waals surface area contributed by atoms with Crippen LogP contribution < -0.4 is 5.32 Å². The third kappa shape index (κ3) is 3.02. The largest absolute Gasteiger partial charge is 0.351 e. The summed E-state index contributed by atoms with van der Waals surface area (Å²) in [6.07, 6.45) is 0.920. The van der Waals surface area contributed by atoms with E-state index in [-0.39, 0.29) is 5.91 Å². The van der Waals surface area contributed by atoms with Gasteiger partial charge in [0.2, 0.25) is 0 Å². The molecule has 0 aliphatic heterocycles. The summed E-state index contributed by atoms with van der Waals surface area (Å²) in [4.78, 5) is 11.9. The summed E-state index contributed by atoms with van der Waals surface area (Å²) in [5, 5.41) is 7.20. The molecule has 2 aromatic rings. The van der Waals surface area contributed by atoms with Crippen molar-refractivity contribution in [2.24, 2.45) is 0 Å². The van der Waals surface area contributed by atoms with E-state index in [0.29, 0.717) is 12.2 Å². The Labute approximate surface area is 113 Å². The smallest absolute Gasteiger partial charge is 0.271 e. The van der Waals surface area contributed by atoms with Gasteiger partial charge in [-0.1, -0.05) is 24.6 Å². The molecule has 1 heterocycles. The molecule has 0 unspecified atom stereocenters. The molecule has 0 fully saturated rings. The van der Waals surface area contributed by atoms with Crippen LogP contribution in [0.1, 0.15) is 35.1 Å². The van der Waals surface area contributed by atoms with Gasteiger partial charge in [-0.25, -0.2) is 4.68 Å². The number of aromatic nitrogens is 2. The zero-order valence-electron chi connectivity index (χ0n) is 11.6. The van der Waals surface area contributed by atoms with Gasteiger partial charge in [0, 0.05) is 12.2 Å². The Kier molecular flexibility index (Phi) is 4.00. The summed E-state index contributed by atoms with van der Waals surface area (Å²) >= 11 is 0. The maximum absolute atomic E-state index is 11.9. The predicted molar refractivity (Wildman–Crippen MR) is 75.7 cm³/mol. The minimum atomic E-state index is -0.115. The van der Waals surface area contributed by atoms with E-state index < -0.39 is 0 Å². The number of carbonyl (C=O) groups excluding carboxylic acids is 1. The number of hydrogen-bond donors (Lipinski definition) is 1. The molecule has 0 spiro atoms. The summed E-state index contributed by atoms with van der Waals surface area (Å²) in [6.45, 7) is 6.69. The average Bonchev–Trinajstić information content (AvgIpc) is 2.79. The number of benzene rings is 1. The van der Waals surface area contributed by atoms with Gasteiger partial charge in [-0.3, -0.25) is 4.79 Å². The third-order valence-corrected chi connectivity index (χ3v) is 2.93. The van der Waals surface area contributed by atoms with Crippen molar-refractivity contribution in [2.75, 3.05) is 6.54 Å². The van der Waals surface area contributed by atoms with Crippen molar-refractivity contribution in [2.45, 2.75) is 27.2 Å². The number of nitrogens with zero attached hydrogens (tertiary/aromatic N) is 2. The summed E-state index contributed by atoms with van der Waals surface area (Å²) in [7, 11) is 0. The molecule has 0 atom stereocenters. The first-order valence-corrected chi connectivity index (χ1v) is 6.53. The van der Waals surface area contributed by atoms with Gasteiger partial charge in [-0.15, -0.1) is 0 Å². The van der Waals surface area contributed by atoms with Crippen LogP contribution in [0.3, 0.4) is 0 Å². The Balaban J connectivity index is 2.26. The van der Waals surface area contributed by atoms with Crippen LogP contribution in [-0.4, -0.2) is 22.2 Å². The van der Waals surface area contributed by atoms with Crippen molar-refractivity contribution in [3.05, 3.63) is 47.3 Å². The molecule has 19 heavy (non-hydrogen) atoms. The van der Waals surface area contributed by atoms with E-state index in [0.717, 1.165) is 17.8 Å². The van der Waals surface area contributed by atoms with E-state index in [2.05, 4.69) is 10.4 Å². The van der Waals surface area contributed by atoms with Crippen molar-refractivity contribution >= 4 is 5.91 Å². The molecule has 2 rings (SSSR count). The van der Waals surface area contributed by atoms with Crippen molar-refractivity contribution in [3.8, 4) is 5.69 Å². The summed E-state index contributed by atoms with van der Waals surface area (Å²) in [6, 6.07) is 9.89. The molecule has 0 saturated carbocycles. The molecule has 0 bridgehead atoms. The monoisotopic (exact) mass is 257 g/mol. The fourth-order valence-electron chi connectivity index (χ4n) is 1.86. The van der Waals surface area contributed by atoms with Crippen molar-refractivity contribution < 1.29 is 4.79 Å². The normalized spacial score (nSPS) is 10.5. The van der Waals surface area contributed by atoms with Gasteiger partial charge >= 0.3 is 0 Å². The first kappa shape index (κ1) is 13.3. The van der Waals surface area contributed by atoms with Gasteiger partial charge < -0.3 is 5.32 Å². The molecule has 1 amide bonds. The van der Waals surface area contributed by atoms with Crippen LogP contribution in [0.4, 0.5) is 0 Å². The van der Waals surface area contributed by atoms with Crippen molar-refractivity contribution in [1.29, 1.82) is 0 Å². The highest BCUT2D eigenvalue weighted by Crippen LogP contribution is 2.13. The first-order chi connectivity index (χ1) is 9.11. The lowest BCUT2D eigenvalue weighted by molar-refractivity contribution is 0.0948. The lowest BCUT2D eigenvalue weighted by Gasteiger charge is -2.04. The highest BCUT2D eigenvalue weighted by molar-refractivity contribution is 5.92. The molecule has 0 aliphatic rings. The topological polar surface area (TPSA) is 46.9 Å². The zero-order valence-corrected chi connectivity index (χ0v) is 11.6. The van der Waals surface area contributed by atoms with E-state index in [1.165, 1.54) is 5.56 Å². The second-order valence-corrected chi connectivity index (χ2v) is 4.67. The lowest BCUT2D eigenvalue weighted by Crippen LogP contribution is -2.24. The minimum Gasteiger partial charge on any atom is -0.351 e. The third-order valence-electron chi connectivity index (χ3n) is 2.93. The molecule has 0 saturated heterocycles. The maximum atomic E-state index is 11.9. The Bertz CT molecular complexity index is 570. The molecule has 0 radical (unpaired) electrons. The highest BCUT2D eigenvalue weighted by atomic mass is 16.1. The van der Waals surface area contributed by atoms with Crippen LogP contribution in [0.25, 0.3) is 5.69 Å². The van der Waals surface area contributed by atoms with E-state index in [4.69, 9.17) is 0 Å². The standard InChI is InChI=1S/C15H19N3O/c1-4-9-16-15(19)14-10-12(3)18(17-14)13-7-5-11(2)6-8-13/h5-8,10H,4,9H2,1-3H3,(H,16,19). The Morgan fingerprint density at radius 3 is 2.58 bits per heavy atom. The summed E-state index contributed by atoms with van der Waals surface area (Å²) in [5.74, 6) is -0.115. The number of rotatable bonds is 4. The Morgan fingerprint density at radius 1 is 1.26 bits per heavy atom. The SMILES string of the molecule is CCCNC(=O)c1cc(C)n(-c2ccc(C)cc2)n1. The van der Waals surface area contributed by atoms with Gasteiger partial charge in [0.15, 0.2) is 5.69 Å². The lowest BCUT2D eigenvalue weighted by atomic mass is 10.2. The first-order valence-electron chi connectivity index (χ1n) is 6.53. The Hall–Kier alpha value is -2.10. The van der Waals surface area contributed by atoms with Gasteiger partial charge in [0.1, 0.15) is 0 Å². The van der Waals surface area contributed by atoms with E-state index in [1.54, 1.807) is 4.68 Å². The molecule has 100 valence electrons. The van der Waals surface area contributed by atoms with Crippen LogP contribution in [0.5, 0.6) is 0 Å². The number of hydrogen-bond acceptors (Lipinski definition) is 2. The molecular weight excluding hydrogens is 238 g/mol. The van der Waals surface area contributed by atoms with Gasteiger partial charge in [-0.2, -0.15) is 5.10 Å².